The monoisotopic (exact) mass is 1480 g/mol. The van der Waals surface area contributed by atoms with Crippen LogP contribution in [-0.2, 0) is 65.4 Å². The molecule has 5 atom stereocenters. The molecule has 2 unspecified atom stereocenters. The molecule has 0 aromatic heterocycles. The molecular formula is C82H160O17P2. The summed E-state index contributed by atoms with van der Waals surface area (Å²) in [5.74, 6) is 0.257. The molecule has 0 aromatic rings. The van der Waals surface area contributed by atoms with Gasteiger partial charge in [-0.2, -0.15) is 0 Å². The maximum atomic E-state index is 13.1. The fourth-order valence-corrected chi connectivity index (χ4v) is 14.2. The first-order valence-electron chi connectivity index (χ1n) is 42.3. The van der Waals surface area contributed by atoms with Crippen LogP contribution in [0.4, 0.5) is 0 Å². The number of aliphatic hydroxyl groups is 1. The van der Waals surface area contributed by atoms with Gasteiger partial charge in [-0.15, -0.1) is 0 Å². The fraction of sp³-hybridized carbons (Fsp3) is 0.951. The molecule has 0 fully saturated rings. The second-order valence-electron chi connectivity index (χ2n) is 30.9. The standard InChI is InChI=1S/C82H160O17P2/c1-8-9-10-11-12-13-14-18-28-35-42-49-56-63-79(84)92-69-77(98-81(86)65-58-51-44-37-30-23-16-20-26-33-40-47-54-61-74(4)5)71-96-100(88,89)94-67-76(83)68-95-101(90,91)97-72-78(99-82(87)66-59-52-45-38-31-24-17-21-27-34-41-48-55-62-75(6)7)70-93-80(85)64-57-50-43-36-29-22-15-19-25-32-39-46-53-60-73(2)3/h73-78,83H,8-72H2,1-7H3,(H,88,89)(H,90,91)/t76-,77+,78+/m0/s1. The summed E-state index contributed by atoms with van der Waals surface area (Å²) >= 11 is 0. The number of carbonyl (C=O) groups is 4. The summed E-state index contributed by atoms with van der Waals surface area (Å²) in [6, 6.07) is 0. The van der Waals surface area contributed by atoms with Crippen molar-refractivity contribution in [3.8, 4) is 0 Å². The smallest absolute Gasteiger partial charge is 0.462 e. The van der Waals surface area contributed by atoms with E-state index in [0.717, 1.165) is 108 Å². The molecule has 0 saturated heterocycles. The van der Waals surface area contributed by atoms with Gasteiger partial charge in [-0.05, 0) is 43.4 Å². The van der Waals surface area contributed by atoms with Crippen molar-refractivity contribution in [1.29, 1.82) is 0 Å². The van der Waals surface area contributed by atoms with Crippen LogP contribution in [0, 0.1) is 17.8 Å². The molecule has 101 heavy (non-hydrogen) atoms. The largest absolute Gasteiger partial charge is 0.472 e. The van der Waals surface area contributed by atoms with Gasteiger partial charge >= 0.3 is 39.5 Å². The van der Waals surface area contributed by atoms with Gasteiger partial charge < -0.3 is 33.8 Å². The molecule has 0 rings (SSSR count). The van der Waals surface area contributed by atoms with E-state index in [0.29, 0.717) is 25.7 Å². The lowest BCUT2D eigenvalue weighted by atomic mass is 10.0. The fourth-order valence-electron chi connectivity index (χ4n) is 12.7. The minimum absolute atomic E-state index is 0.107. The molecule has 0 amide bonds. The molecule has 3 N–H and O–H groups in total. The lowest BCUT2D eigenvalue weighted by Gasteiger charge is -2.21. The van der Waals surface area contributed by atoms with E-state index in [1.54, 1.807) is 0 Å². The lowest BCUT2D eigenvalue weighted by molar-refractivity contribution is -0.161. The maximum Gasteiger partial charge on any atom is 0.472 e. The molecule has 19 heteroatoms. The van der Waals surface area contributed by atoms with Crippen molar-refractivity contribution in [2.45, 2.75) is 446 Å². The molecule has 0 aliphatic heterocycles. The van der Waals surface area contributed by atoms with E-state index >= 15 is 0 Å². The number of phosphoric ester groups is 2. The Kier molecular flexibility index (Phi) is 70.9. The van der Waals surface area contributed by atoms with Gasteiger partial charge in [0.05, 0.1) is 26.4 Å². The molecule has 0 aliphatic carbocycles. The van der Waals surface area contributed by atoms with Crippen LogP contribution in [0.2, 0.25) is 0 Å². The molecule has 0 bridgehead atoms. The van der Waals surface area contributed by atoms with Gasteiger partial charge in [-0.3, -0.25) is 37.3 Å². The molecular weight excluding hydrogens is 1320 g/mol. The summed E-state index contributed by atoms with van der Waals surface area (Å²) < 4.78 is 68.8. The Hall–Kier alpha value is -1.94. The quantitative estimate of drug-likeness (QED) is 0.0222. The highest BCUT2D eigenvalue weighted by Crippen LogP contribution is 2.45. The molecule has 17 nitrogen and oxygen atoms in total. The number of aliphatic hydroxyl groups excluding tert-OH is 1. The Morgan fingerprint density at radius 2 is 0.455 bits per heavy atom. The molecule has 0 aliphatic rings. The van der Waals surface area contributed by atoms with Crippen molar-refractivity contribution in [3.05, 3.63) is 0 Å². The first kappa shape index (κ1) is 99.1. The highest BCUT2D eigenvalue weighted by molar-refractivity contribution is 7.47. The summed E-state index contributed by atoms with van der Waals surface area (Å²) in [6.07, 6.45) is 60.8. The summed E-state index contributed by atoms with van der Waals surface area (Å²) in [4.78, 5) is 73.1. The van der Waals surface area contributed by atoms with Crippen LogP contribution in [0.1, 0.15) is 427 Å². The SMILES string of the molecule is CCCCCCCCCCCCCCCC(=O)OC[C@H](COP(=O)(O)OC[C@H](O)COP(=O)(O)OC[C@@H](COC(=O)CCCCCCCCCCCCCCCC(C)C)OC(=O)CCCCCCCCCCCCCCCC(C)C)OC(=O)CCCCCCCCCCCCCCCC(C)C. The number of phosphoric acid groups is 2. The van der Waals surface area contributed by atoms with E-state index < -0.39 is 97.5 Å². The first-order valence-corrected chi connectivity index (χ1v) is 45.3. The maximum absolute atomic E-state index is 13.1. The second kappa shape index (κ2) is 72.3. The summed E-state index contributed by atoms with van der Waals surface area (Å²) in [5.41, 5.74) is 0. The van der Waals surface area contributed by atoms with Crippen molar-refractivity contribution < 1.29 is 80.2 Å². The summed E-state index contributed by atoms with van der Waals surface area (Å²) in [6.45, 7) is 12.0. The van der Waals surface area contributed by atoms with Crippen LogP contribution in [0.5, 0.6) is 0 Å². The second-order valence-corrected chi connectivity index (χ2v) is 33.8. The molecule has 0 radical (unpaired) electrons. The van der Waals surface area contributed by atoms with E-state index in [1.807, 2.05) is 0 Å². The molecule has 0 saturated carbocycles. The van der Waals surface area contributed by atoms with E-state index in [-0.39, 0.29) is 25.7 Å². The molecule has 0 spiro atoms. The number of ether oxygens (including phenoxy) is 4. The minimum Gasteiger partial charge on any atom is -0.462 e. The number of carbonyl (C=O) groups excluding carboxylic acids is 4. The van der Waals surface area contributed by atoms with Crippen LogP contribution in [0.3, 0.4) is 0 Å². The Balaban J connectivity index is 5.28. The number of hydrogen-bond acceptors (Lipinski definition) is 15. The number of esters is 4. The van der Waals surface area contributed by atoms with Crippen molar-refractivity contribution in [1.82, 2.24) is 0 Å². The molecule has 600 valence electrons. The highest BCUT2D eigenvalue weighted by Gasteiger charge is 2.30. The van der Waals surface area contributed by atoms with E-state index in [9.17, 15) is 43.2 Å². The Labute approximate surface area is 619 Å². The normalized spacial score (nSPS) is 14.0. The van der Waals surface area contributed by atoms with Crippen molar-refractivity contribution in [2.75, 3.05) is 39.6 Å². The van der Waals surface area contributed by atoms with Crippen LogP contribution >= 0.6 is 15.6 Å². The Morgan fingerprint density at radius 3 is 0.673 bits per heavy atom. The predicted molar refractivity (Wildman–Crippen MR) is 414 cm³/mol. The van der Waals surface area contributed by atoms with Gasteiger partial charge in [-0.1, -0.05) is 376 Å². The minimum atomic E-state index is -4.96. The third-order valence-electron chi connectivity index (χ3n) is 19.1. The van der Waals surface area contributed by atoms with Gasteiger partial charge in [-0.25, -0.2) is 9.13 Å². The van der Waals surface area contributed by atoms with Gasteiger partial charge in [0.2, 0.25) is 0 Å². The van der Waals surface area contributed by atoms with E-state index in [4.69, 9.17) is 37.0 Å². The lowest BCUT2D eigenvalue weighted by Crippen LogP contribution is -2.30. The Morgan fingerprint density at radius 1 is 0.267 bits per heavy atom. The zero-order valence-electron chi connectivity index (χ0n) is 66.4. The number of unbranched alkanes of at least 4 members (excludes halogenated alkanes) is 48. The van der Waals surface area contributed by atoms with E-state index in [1.165, 1.54) is 238 Å². The highest BCUT2D eigenvalue weighted by atomic mass is 31.2. The zero-order chi connectivity index (χ0) is 74.4. The van der Waals surface area contributed by atoms with E-state index in [2.05, 4.69) is 48.5 Å². The molecule has 0 heterocycles. The van der Waals surface area contributed by atoms with Crippen molar-refractivity contribution >= 4 is 39.5 Å². The average Bonchev–Trinajstić information content (AvgIpc) is 1.01. The first-order chi connectivity index (χ1) is 48.7. The summed E-state index contributed by atoms with van der Waals surface area (Å²) in [5, 5.41) is 10.7. The average molecular weight is 1480 g/mol. The van der Waals surface area contributed by atoms with Gasteiger partial charge in [0.15, 0.2) is 12.2 Å². The molecule has 0 aromatic carbocycles. The third-order valence-corrected chi connectivity index (χ3v) is 21.0. The van der Waals surface area contributed by atoms with Gasteiger partial charge in [0.25, 0.3) is 0 Å². The predicted octanol–water partition coefficient (Wildman–Crippen LogP) is 24.5. The van der Waals surface area contributed by atoms with Crippen LogP contribution in [-0.4, -0.2) is 96.7 Å². The third kappa shape index (κ3) is 76.1. The van der Waals surface area contributed by atoms with Crippen LogP contribution < -0.4 is 0 Å². The zero-order valence-corrected chi connectivity index (χ0v) is 68.2. The number of hydrogen-bond donors (Lipinski definition) is 3. The van der Waals surface area contributed by atoms with Gasteiger partial charge in [0, 0.05) is 25.7 Å². The van der Waals surface area contributed by atoms with Crippen LogP contribution in [0.25, 0.3) is 0 Å². The van der Waals surface area contributed by atoms with Gasteiger partial charge in [0.1, 0.15) is 19.3 Å². The topological polar surface area (TPSA) is 237 Å². The summed E-state index contributed by atoms with van der Waals surface area (Å²) in [7, 11) is -9.92. The van der Waals surface area contributed by atoms with Crippen LogP contribution in [0.15, 0.2) is 0 Å². The van der Waals surface area contributed by atoms with Crippen molar-refractivity contribution in [2.24, 2.45) is 17.8 Å². The van der Waals surface area contributed by atoms with Crippen molar-refractivity contribution in [3.63, 3.8) is 0 Å². The Bertz CT molecular complexity index is 1960. The number of rotatable bonds is 80.